The van der Waals surface area contributed by atoms with Crippen LogP contribution in [0.4, 0.5) is 5.82 Å². The third-order valence-electron chi connectivity index (χ3n) is 1.69. The summed E-state index contributed by atoms with van der Waals surface area (Å²) in [5, 5.41) is 3.06. The van der Waals surface area contributed by atoms with Crippen molar-refractivity contribution in [3.05, 3.63) is 23.4 Å². The Hall–Kier alpha value is -1.42. The largest absolute Gasteiger partial charge is 0.311 e. The van der Waals surface area contributed by atoms with Gasteiger partial charge < -0.3 is 10.1 Å². The van der Waals surface area contributed by atoms with Gasteiger partial charge in [0.05, 0.1) is 0 Å². The number of rotatable bonds is 4. The number of ketones is 1. The molecule has 0 saturated heterocycles. The van der Waals surface area contributed by atoms with Crippen LogP contribution in [-0.2, 0) is 9.59 Å². The van der Waals surface area contributed by atoms with Crippen molar-refractivity contribution in [2.24, 2.45) is 0 Å². The van der Waals surface area contributed by atoms with Gasteiger partial charge in [0.25, 0.3) is 0 Å². The first-order valence-corrected chi connectivity index (χ1v) is 4.86. The van der Waals surface area contributed by atoms with E-state index in [2.05, 4.69) is 10.3 Å². The molecular weight excluding hydrogens is 216 g/mol. The zero-order chi connectivity index (χ0) is 11.3. The Balaban J connectivity index is 2.48. The molecule has 0 atom stereocenters. The van der Waals surface area contributed by atoms with E-state index in [9.17, 15) is 9.59 Å². The number of amides is 1. The second-order valence-corrected chi connectivity index (χ2v) is 3.55. The van der Waals surface area contributed by atoms with Crippen LogP contribution in [0.25, 0.3) is 0 Å². The molecule has 0 aliphatic rings. The normalized spacial score (nSPS) is 9.73. The molecule has 80 valence electrons. The van der Waals surface area contributed by atoms with E-state index in [0.717, 1.165) is 0 Å². The fourth-order valence-corrected chi connectivity index (χ4v) is 1.13. The summed E-state index contributed by atoms with van der Waals surface area (Å²) in [6.07, 6.45) is 1.92. The van der Waals surface area contributed by atoms with Crippen molar-refractivity contribution < 1.29 is 9.59 Å². The molecule has 0 aliphatic heterocycles. The lowest BCUT2D eigenvalue weighted by molar-refractivity contribution is -0.121. The number of anilines is 1. The molecule has 1 amide bonds. The molecule has 0 aromatic carbocycles. The number of hydrogen-bond acceptors (Lipinski definition) is 3. The van der Waals surface area contributed by atoms with E-state index in [0.29, 0.717) is 10.8 Å². The molecule has 1 aromatic rings. The summed E-state index contributed by atoms with van der Waals surface area (Å²) in [6.45, 7) is 1.45. The predicted molar refractivity (Wildman–Crippen MR) is 57.8 cm³/mol. The van der Waals surface area contributed by atoms with Gasteiger partial charge in [-0.05, 0) is 19.1 Å². The number of nitrogens with one attached hydrogen (secondary N) is 1. The fourth-order valence-electron chi connectivity index (χ4n) is 0.968. The van der Waals surface area contributed by atoms with Crippen LogP contribution >= 0.6 is 11.6 Å². The zero-order valence-corrected chi connectivity index (χ0v) is 9.04. The maximum atomic E-state index is 11.3. The first-order valence-electron chi connectivity index (χ1n) is 4.49. The van der Waals surface area contributed by atoms with E-state index in [1.807, 2.05) is 0 Å². The van der Waals surface area contributed by atoms with E-state index < -0.39 is 0 Å². The van der Waals surface area contributed by atoms with Crippen molar-refractivity contribution in [1.82, 2.24) is 4.98 Å². The van der Waals surface area contributed by atoms with E-state index in [-0.39, 0.29) is 24.5 Å². The van der Waals surface area contributed by atoms with Crippen molar-refractivity contribution in [3.8, 4) is 0 Å². The van der Waals surface area contributed by atoms with E-state index >= 15 is 0 Å². The lowest BCUT2D eigenvalue weighted by Crippen LogP contribution is -2.13. The maximum absolute atomic E-state index is 11.3. The van der Waals surface area contributed by atoms with Crippen LogP contribution in [0.3, 0.4) is 0 Å². The molecule has 0 bridgehead atoms. The van der Waals surface area contributed by atoms with Crippen molar-refractivity contribution >= 4 is 29.1 Å². The number of carbonyl (C=O) groups is 2. The van der Waals surface area contributed by atoms with Gasteiger partial charge in [-0.25, -0.2) is 4.98 Å². The van der Waals surface area contributed by atoms with Gasteiger partial charge >= 0.3 is 0 Å². The minimum absolute atomic E-state index is 0.01000. The molecule has 1 heterocycles. The molecule has 5 heteroatoms. The number of halogens is 1. The second kappa shape index (κ2) is 5.46. The quantitative estimate of drug-likeness (QED) is 0.855. The van der Waals surface area contributed by atoms with Crippen molar-refractivity contribution in [1.29, 1.82) is 0 Å². The summed E-state index contributed by atoms with van der Waals surface area (Å²) in [6, 6.07) is 3.17. The second-order valence-electron chi connectivity index (χ2n) is 3.11. The molecule has 4 nitrogen and oxygen atoms in total. The summed E-state index contributed by atoms with van der Waals surface area (Å²) in [7, 11) is 0. The van der Waals surface area contributed by atoms with Gasteiger partial charge in [-0.1, -0.05) is 11.6 Å². The molecule has 0 unspecified atom stereocenters. The van der Waals surface area contributed by atoms with E-state index in [4.69, 9.17) is 11.6 Å². The lowest BCUT2D eigenvalue weighted by atomic mass is 10.2. The van der Waals surface area contributed by atoms with Crippen LogP contribution in [0.1, 0.15) is 19.8 Å². The Kier molecular flexibility index (Phi) is 4.24. The molecule has 1 rings (SSSR count). The Bertz CT molecular complexity index is 379. The molecular formula is C10H11ClN2O2. The predicted octanol–water partition coefficient (Wildman–Crippen LogP) is 2.04. The van der Waals surface area contributed by atoms with Crippen molar-refractivity contribution in [2.45, 2.75) is 19.8 Å². The van der Waals surface area contributed by atoms with Crippen LogP contribution in [0.5, 0.6) is 0 Å². The highest BCUT2D eigenvalue weighted by atomic mass is 35.5. The Morgan fingerprint density at radius 2 is 2.20 bits per heavy atom. The van der Waals surface area contributed by atoms with Crippen LogP contribution < -0.4 is 5.32 Å². The first-order chi connectivity index (χ1) is 7.08. The van der Waals surface area contributed by atoms with Gasteiger partial charge in [-0.3, -0.25) is 4.79 Å². The monoisotopic (exact) mass is 226 g/mol. The van der Waals surface area contributed by atoms with Crippen LogP contribution in [0.15, 0.2) is 18.3 Å². The Labute approximate surface area is 92.7 Å². The average molecular weight is 227 g/mol. The van der Waals surface area contributed by atoms with Crippen molar-refractivity contribution in [2.75, 3.05) is 5.32 Å². The number of pyridine rings is 1. The topological polar surface area (TPSA) is 59.1 Å². The number of Topliss-reactive ketones (excluding diaryl/α,β-unsaturated/α-hetero) is 1. The maximum Gasteiger partial charge on any atom is 0.225 e. The minimum Gasteiger partial charge on any atom is -0.311 e. The summed E-state index contributed by atoms with van der Waals surface area (Å²) in [5.74, 6) is 0.153. The SMILES string of the molecule is CC(=O)CCC(=O)Nc1cc(Cl)ccn1. The van der Waals surface area contributed by atoms with Gasteiger partial charge in [-0.15, -0.1) is 0 Å². The average Bonchev–Trinajstić information content (AvgIpc) is 2.15. The van der Waals surface area contributed by atoms with Crippen LogP contribution in [0, 0.1) is 0 Å². The van der Waals surface area contributed by atoms with Gasteiger partial charge in [0.15, 0.2) is 0 Å². The standard InChI is InChI=1S/C10H11ClN2O2/c1-7(14)2-3-10(15)13-9-6-8(11)4-5-12-9/h4-6H,2-3H2,1H3,(H,12,13,15). The van der Waals surface area contributed by atoms with Crippen LogP contribution in [-0.4, -0.2) is 16.7 Å². The molecule has 15 heavy (non-hydrogen) atoms. The Morgan fingerprint density at radius 1 is 1.47 bits per heavy atom. The number of hydrogen-bond donors (Lipinski definition) is 1. The third-order valence-corrected chi connectivity index (χ3v) is 1.93. The molecule has 0 radical (unpaired) electrons. The number of carbonyl (C=O) groups excluding carboxylic acids is 2. The highest BCUT2D eigenvalue weighted by molar-refractivity contribution is 6.30. The third kappa shape index (κ3) is 4.56. The number of aromatic nitrogens is 1. The first kappa shape index (κ1) is 11.7. The fraction of sp³-hybridized carbons (Fsp3) is 0.300. The van der Waals surface area contributed by atoms with E-state index in [1.54, 1.807) is 12.1 Å². The lowest BCUT2D eigenvalue weighted by Gasteiger charge is -2.03. The summed E-state index contributed by atoms with van der Waals surface area (Å²) < 4.78 is 0. The molecule has 0 aliphatic carbocycles. The molecule has 0 fully saturated rings. The smallest absolute Gasteiger partial charge is 0.225 e. The Morgan fingerprint density at radius 3 is 2.80 bits per heavy atom. The highest BCUT2D eigenvalue weighted by Crippen LogP contribution is 2.11. The van der Waals surface area contributed by atoms with Gasteiger partial charge in [0.2, 0.25) is 5.91 Å². The van der Waals surface area contributed by atoms with Gasteiger partial charge in [0.1, 0.15) is 11.6 Å². The summed E-state index contributed by atoms with van der Waals surface area (Å²) >= 11 is 5.71. The summed E-state index contributed by atoms with van der Waals surface area (Å²) in [5.41, 5.74) is 0. The minimum atomic E-state index is -0.236. The molecule has 1 N–H and O–H groups in total. The van der Waals surface area contributed by atoms with Gasteiger partial charge in [-0.2, -0.15) is 0 Å². The number of nitrogens with zero attached hydrogens (tertiary/aromatic N) is 1. The highest BCUT2D eigenvalue weighted by Gasteiger charge is 2.04. The zero-order valence-electron chi connectivity index (χ0n) is 8.29. The molecule has 0 saturated carbocycles. The molecule has 0 spiro atoms. The van der Waals surface area contributed by atoms with Crippen LogP contribution in [0.2, 0.25) is 5.02 Å². The molecule has 1 aromatic heterocycles. The van der Waals surface area contributed by atoms with E-state index in [1.165, 1.54) is 13.1 Å². The van der Waals surface area contributed by atoms with Crippen molar-refractivity contribution in [3.63, 3.8) is 0 Å². The summed E-state index contributed by atoms with van der Waals surface area (Å²) in [4.78, 5) is 25.8. The van der Waals surface area contributed by atoms with Gasteiger partial charge in [0, 0.05) is 24.1 Å².